The quantitative estimate of drug-likeness (QED) is 0.251. The predicted molar refractivity (Wildman–Crippen MR) is 151 cm³/mol. The molecule has 7 heteroatoms. The SMILES string of the molecule is CCC(=O)c1ccc(Cl)cc1-c1cc(=O)n(C(Cc2ccccc2)C(=O)Nc2ccc(C)cc2)cc1OC. The number of ether oxygens (including phenoxy) is 1. The molecule has 0 fully saturated rings. The predicted octanol–water partition coefficient (Wildman–Crippen LogP) is 6.50. The normalized spacial score (nSPS) is 11.6. The van der Waals surface area contributed by atoms with Crippen LogP contribution in [0.25, 0.3) is 11.1 Å². The van der Waals surface area contributed by atoms with Gasteiger partial charge in [0.05, 0.1) is 13.3 Å². The lowest BCUT2D eigenvalue weighted by atomic mass is 9.95. The fourth-order valence-corrected chi connectivity index (χ4v) is 4.51. The van der Waals surface area contributed by atoms with Gasteiger partial charge < -0.3 is 10.1 Å². The average molecular weight is 529 g/mol. The Morgan fingerprint density at radius 3 is 2.34 bits per heavy atom. The monoisotopic (exact) mass is 528 g/mol. The van der Waals surface area contributed by atoms with Gasteiger partial charge in [-0.1, -0.05) is 66.6 Å². The highest BCUT2D eigenvalue weighted by Gasteiger charge is 2.25. The van der Waals surface area contributed by atoms with Crippen LogP contribution in [-0.2, 0) is 11.2 Å². The van der Waals surface area contributed by atoms with Crippen molar-refractivity contribution in [2.45, 2.75) is 32.7 Å². The first kappa shape index (κ1) is 26.9. The molecule has 6 nitrogen and oxygen atoms in total. The second-order valence-electron chi connectivity index (χ2n) is 9.03. The molecule has 4 aromatic rings. The van der Waals surface area contributed by atoms with E-state index in [0.29, 0.717) is 39.6 Å². The Bertz CT molecular complexity index is 1510. The molecule has 0 saturated carbocycles. The number of aryl methyl sites for hydroxylation is 1. The number of amides is 1. The topological polar surface area (TPSA) is 77.4 Å². The summed E-state index contributed by atoms with van der Waals surface area (Å²) in [4.78, 5) is 39.8. The van der Waals surface area contributed by atoms with Gasteiger partial charge in [0.2, 0.25) is 5.91 Å². The van der Waals surface area contributed by atoms with Gasteiger partial charge in [-0.15, -0.1) is 0 Å². The Morgan fingerprint density at radius 1 is 0.974 bits per heavy atom. The zero-order valence-electron chi connectivity index (χ0n) is 21.5. The van der Waals surface area contributed by atoms with Gasteiger partial charge >= 0.3 is 0 Å². The zero-order valence-corrected chi connectivity index (χ0v) is 22.3. The first-order valence-corrected chi connectivity index (χ1v) is 12.7. The Morgan fingerprint density at radius 2 is 1.68 bits per heavy atom. The first-order valence-electron chi connectivity index (χ1n) is 12.4. The molecule has 3 aromatic carbocycles. The molecule has 1 aromatic heterocycles. The van der Waals surface area contributed by atoms with Crippen LogP contribution in [0.1, 0.15) is 40.9 Å². The number of hydrogen-bond acceptors (Lipinski definition) is 4. The Balaban J connectivity index is 1.81. The van der Waals surface area contributed by atoms with Gasteiger partial charge in [-0.2, -0.15) is 0 Å². The summed E-state index contributed by atoms with van der Waals surface area (Å²) in [5.41, 5.74) is 3.59. The standard InChI is InChI=1S/C31H29ClN2O4/c1-4-28(35)24-15-12-22(32)17-25(24)26-18-30(36)34(19-29(26)38-3)27(16-21-8-6-5-7-9-21)31(37)33-23-13-10-20(2)11-14-23/h5-15,17-19,27H,4,16H2,1-3H3,(H,33,37). The number of rotatable bonds is 9. The summed E-state index contributed by atoms with van der Waals surface area (Å²) in [6.07, 6.45) is 2.12. The molecule has 1 N–H and O–H groups in total. The van der Waals surface area contributed by atoms with Crippen LogP contribution in [0.5, 0.6) is 5.75 Å². The van der Waals surface area contributed by atoms with Gasteiger partial charge in [0.15, 0.2) is 5.78 Å². The number of Topliss-reactive ketones (excluding diaryl/α,β-unsaturated/α-hetero) is 1. The number of ketones is 1. The van der Waals surface area contributed by atoms with Crippen LogP contribution in [-0.4, -0.2) is 23.4 Å². The third kappa shape index (κ3) is 6.03. The molecular weight excluding hydrogens is 500 g/mol. The smallest absolute Gasteiger partial charge is 0.252 e. The molecule has 38 heavy (non-hydrogen) atoms. The number of pyridine rings is 1. The number of hydrogen-bond donors (Lipinski definition) is 1. The minimum atomic E-state index is -0.856. The number of carbonyl (C=O) groups excluding carboxylic acids is 2. The van der Waals surface area contributed by atoms with Crippen LogP contribution in [0.4, 0.5) is 5.69 Å². The van der Waals surface area contributed by atoms with Crippen molar-refractivity contribution in [1.29, 1.82) is 0 Å². The van der Waals surface area contributed by atoms with Crippen molar-refractivity contribution >= 4 is 29.0 Å². The fraction of sp³-hybridized carbons (Fsp3) is 0.194. The van der Waals surface area contributed by atoms with Crippen LogP contribution >= 0.6 is 11.6 Å². The van der Waals surface area contributed by atoms with Crippen molar-refractivity contribution < 1.29 is 14.3 Å². The number of halogens is 1. The van der Waals surface area contributed by atoms with E-state index < -0.39 is 11.6 Å². The fourth-order valence-electron chi connectivity index (χ4n) is 4.34. The maximum atomic E-state index is 13.6. The van der Waals surface area contributed by atoms with Crippen LogP contribution in [0.15, 0.2) is 89.9 Å². The molecule has 1 unspecified atom stereocenters. The second-order valence-corrected chi connectivity index (χ2v) is 9.46. The maximum absolute atomic E-state index is 13.6. The molecule has 0 bridgehead atoms. The van der Waals surface area contributed by atoms with E-state index >= 15 is 0 Å². The number of benzene rings is 3. The number of nitrogens with zero attached hydrogens (tertiary/aromatic N) is 1. The van der Waals surface area contributed by atoms with Crippen LogP contribution < -0.4 is 15.6 Å². The van der Waals surface area contributed by atoms with Gasteiger partial charge in [0, 0.05) is 40.7 Å². The van der Waals surface area contributed by atoms with Crippen molar-refractivity contribution in [2.75, 3.05) is 12.4 Å². The summed E-state index contributed by atoms with van der Waals surface area (Å²) < 4.78 is 7.05. The number of aromatic nitrogens is 1. The van der Waals surface area contributed by atoms with Crippen molar-refractivity contribution in [3.8, 4) is 16.9 Å². The van der Waals surface area contributed by atoms with E-state index in [1.807, 2.05) is 61.5 Å². The summed E-state index contributed by atoms with van der Waals surface area (Å²) in [5.74, 6) is -0.0697. The molecule has 0 aliphatic rings. The summed E-state index contributed by atoms with van der Waals surface area (Å²) in [6, 6.07) is 22.5. The molecule has 0 radical (unpaired) electrons. The van der Waals surface area contributed by atoms with E-state index in [2.05, 4.69) is 5.32 Å². The molecule has 4 rings (SSSR count). The van der Waals surface area contributed by atoms with E-state index in [-0.39, 0.29) is 18.1 Å². The lowest BCUT2D eigenvalue weighted by molar-refractivity contribution is -0.119. The van der Waals surface area contributed by atoms with E-state index in [9.17, 15) is 14.4 Å². The van der Waals surface area contributed by atoms with E-state index in [1.165, 1.54) is 23.9 Å². The van der Waals surface area contributed by atoms with Crippen LogP contribution in [0, 0.1) is 6.92 Å². The second kappa shape index (κ2) is 11.9. The lowest BCUT2D eigenvalue weighted by Gasteiger charge is -2.22. The van der Waals surface area contributed by atoms with E-state index in [4.69, 9.17) is 16.3 Å². The molecule has 1 heterocycles. The van der Waals surface area contributed by atoms with Gasteiger partial charge in [-0.3, -0.25) is 19.0 Å². The van der Waals surface area contributed by atoms with Crippen molar-refractivity contribution in [1.82, 2.24) is 4.57 Å². The van der Waals surface area contributed by atoms with Crippen LogP contribution in [0.2, 0.25) is 5.02 Å². The highest BCUT2D eigenvalue weighted by molar-refractivity contribution is 6.31. The summed E-state index contributed by atoms with van der Waals surface area (Å²) in [5, 5.41) is 3.37. The van der Waals surface area contributed by atoms with E-state index in [0.717, 1.165) is 11.1 Å². The average Bonchev–Trinajstić information content (AvgIpc) is 2.93. The van der Waals surface area contributed by atoms with Crippen molar-refractivity contribution in [2.24, 2.45) is 0 Å². The first-order chi connectivity index (χ1) is 18.3. The molecule has 194 valence electrons. The molecule has 1 amide bonds. The van der Waals surface area contributed by atoms with Crippen molar-refractivity contribution in [3.63, 3.8) is 0 Å². The van der Waals surface area contributed by atoms with Gasteiger partial charge in [-0.25, -0.2) is 0 Å². The molecule has 0 saturated heterocycles. The number of anilines is 1. The Hall–Kier alpha value is -4.16. The van der Waals surface area contributed by atoms with Crippen LogP contribution in [0.3, 0.4) is 0 Å². The molecule has 0 spiro atoms. The van der Waals surface area contributed by atoms with Gasteiger partial charge in [0.1, 0.15) is 11.8 Å². The third-order valence-corrected chi connectivity index (χ3v) is 6.62. The Kier molecular flexibility index (Phi) is 8.44. The summed E-state index contributed by atoms with van der Waals surface area (Å²) in [6.45, 7) is 3.74. The third-order valence-electron chi connectivity index (χ3n) is 6.39. The highest BCUT2D eigenvalue weighted by atomic mass is 35.5. The van der Waals surface area contributed by atoms with Gasteiger partial charge in [0.25, 0.3) is 5.56 Å². The summed E-state index contributed by atoms with van der Waals surface area (Å²) in [7, 11) is 1.48. The molecule has 0 aliphatic heterocycles. The number of nitrogens with one attached hydrogen (secondary N) is 1. The highest BCUT2D eigenvalue weighted by Crippen LogP contribution is 2.34. The minimum absolute atomic E-state index is 0.0812. The number of methoxy groups -OCH3 is 1. The largest absolute Gasteiger partial charge is 0.495 e. The maximum Gasteiger partial charge on any atom is 0.252 e. The van der Waals surface area contributed by atoms with Gasteiger partial charge in [-0.05, 0) is 48.4 Å². The Labute approximate surface area is 226 Å². The lowest BCUT2D eigenvalue weighted by Crippen LogP contribution is -2.34. The molecule has 0 aliphatic carbocycles. The molecule has 1 atom stereocenters. The molecular formula is C31H29ClN2O4. The van der Waals surface area contributed by atoms with Crippen molar-refractivity contribution in [3.05, 3.63) is 117 Å². The minimum Gasteiger partial charge on any atom is -0.495 e. The summed E-state index contributed by atoms with van der Waals surface area (Å²) >= 11 is 6.26. The zero-order chi connectivity index (χ0) is 27.2. The number of carbonyl (C=O) groups is 2. The van der Waals surface area contributed by atoms with E-state index in [1.54, 1.807) is 25.1 Å².